The van der Waals surface area contributed by atoms with Crippen molar-refractivity contribution in [2.45, 2.75) is 118 Å². The van der Waals surface area contributed by atoms with Crippen LogP contribution in [-0.2, 0) is 23.9 Å². The molecule has 4 aliphatic carbocycles. The van der Waals surface area contributed by atoms with Crippen LogP contribution in [0.3, 0.4) is 0 Å². The van der Waals surface area contributed by atoms with Gasteiger partial charge in [0.25, 0.3) is 0 Å². The van der Waals surface area contributed by atoms with Gasteiger partial charge in [-0.15, -0.1) is 0 Å². The summed E-state index contributed by atoms with van der Waals surface area (Å²) < 4.78 is 10.8. The molecule has 0 spiro atoms. The summed E-state index contributed by atoms with van der Waals surface area (Å²) in [6, 6.07) is 0. The smallest absolute Gasteiger partial charge is 0.302 e. The summed E-state index contributed by atoms with van der Waals surface area (Å²) in [5.74, 6) is 3.82. The number of carbonyl (C=O) groups is 3. The highest BCUT2D eigenvalue weighted by atomic mass is 16.5. The van der Waals surface area contributed by atoms with Crippen molar-refractivity contribution >= 4 is 17.7 Å². The molecule has 204 valence electrons. The second kappa shape index (κ2) is 10.8. The Morgan fingerprint density at radius 2 is 1.56 bits per heavy atom. The lowest BCUT2D eigenvalue weighted by atomic mass is 9.44. The number of fused-ring (bicyclic) bond motifs is 5. The van der Waals surface area contributed by atoms with Crippen molar-refractivity contribution in [1.29, 1.82) is 0 Å². The Morgan fingerprint density at radius 3 is 2.25 bits per heavy atom. The molecule has 0 amide bonds. The zero-order chi connectivity index (χ0) is 26.3. The monoisotopic (exact) mass is 502 g/mol. The molecule has 5 nitrogen and oxygen atoms in total. The Bertz CT molecular complexity index is 837. The molecule has 4 rings (SSSR count). The van der Waals surface area contributed by atoms with Gasteiger partial charge in [-0.05, 0) is 111 Å². The summed E-state index contributed by atoms with van der Waals surface area (Å²) in [6.45, 7) is 12.7. The topological polar surface area (TPSA) is 69.7 Å². The molecule has 36 heavy (non-hydrogen) atoms. The van der Waals surface area contributed by atoms with Crippen LogP contribution in [0.5, 0.6) is 0 Å². The van der Waals surface area contributed by atoms with Gasteiger partial charge in [-0.1, -0.05) is 27.7 Å². The summed E-state index contributed by atoms with van der Waals surface area (Å²) in [4.78, 5) is 35.9. The maximum absolute atomic E-state index is 13.3. The fourth-order valence-corrected chi connectivity index (χ4v) is 9.61. The predicted molar refractivity (Wildman–Crippen MR) is 140 cm³/mol. The van der Waals surface area contributed by atoms with Crippen molar-refractivity contribution < 1.29 is 23.9 Å². The van der Waals surface area contributed by atoms with Crippen LogP contribution in [0.2, 0.25) is 0 Å². The fraction of sp³-hybridized carbons (Fsp3) is 0.903. The third kappa shape index (κ3) is 5.27. The van der Waals surface area contributed by atoms with Crippen LogP contribution in [0, 0.1) is 52.3 Å². The summed E-state index contributed by atoms with van der Waals surface area (Å²) in [5.41, 5.74) is 0.649. The van der Waals surface area contributed by atoms with Crippen molar-refractivity contribution in [3.05, 3.63) is 0 Å². The molecule has 0 aromatic carbocycles. The lowest BCUT2D eigenvalue weighted by Crippen LogP contribution is -2.54. The fourth-order valence-electron chi connectivity index (χ4n) is 9.61. The van der Waals surface area contributed by atoms with E-state index in [0.29, 0.717) is 36.1 Å². The summed E-state index contributed by atoms with van der Waals surface area (Å²) >= 11 is 0. The Labute approximate surface area is 218 Å². The molecule has 0 bridgehead atoms. The molecule has 0 saturated heterocycles. The van der Waals surface area contributed by atoms with E-state index in [0.717, 1.165) is 37.0 Å². The first-order valence-electron chi connectivity index (χ1n) is 14.8. The number of rotatable bonds is 8. The van der Waals surface area contributed by atoms with Crippen molar-refractivity contribution in [2.75, 3.05) is 6.61 Å². The molecule has 4 aliphatic rings. The first-order chi connectivity index (χ1) is 17.0. The molecule has 0 aliphatic heterocycles. The third-order valence-corrected chi connectivity index (χ3v) is 11.6. The van der Waals surface area contributed by atoms with Crippen molar-refractivity contribution in [3.8, 4) is 0 Å². The van der Waals surface area contributed by atoms with Crippen LogP contribution >= 0.6 is 0 Å². The predicted octanol–water partition coefficient (Wildman–Crippen LogP) is 6.76. The zero-order valence-electron chi connectivity index (χ0n) is 23.6. The third-order valence-electron chi connectivity index (χ3n) is 11.6. The summed E-state index contributed by atoms with van der Waals surface area (Å²) in [6.07, 6.45) is 12.3. The van der Waals surface area contributed by atoms with Crippen LogP contribution in [0.25, 0.3) is 0 Å². The van der Waals surface area contributed by atoms with Gasteiger partial charge in [-0.25, -0.2) is 0 Å². The van der Waals surface area contributed by atoms with Gasteiger partial charge in [0.05, 0.1) is 6.61 Å². The van der Waals surface area contributed by atoms with Gasteiger partial charge in [-0.2, -0.15) is 0 Å². The van der Waals surface area contributed by atoms with Crippen LogP contribution < -0.4 is 0 Å². The van der Waals surface area contributed by atoms with E-state index in [1.165, 1.54) is 51.9 Å². The highest BCUT2D eigenvalue weighted by Gasteiger charge is 2.61. The molecule has 0 heterocycles. The SMILES string of the molecule is CC(=O)OCC(C)CCC(=O)[C@@H](C)[C@H]1CC[C@H]2[C@@H]3CCC4CC(OC(C)=O)CC[C@]4(C)[C@H]3CC[C@]12C. The van der Waals surface area contributed by atoms with Gasteiger partial charge in [0.1, 0.15) is 11.9 Å². The van der Waals surface area contributed by atoms with Crippen LogP contribution in [-0.4, -0.2) is 30.4 Å². The highest BCUT2D eigenvalue weighted by Crippen LogP contribution is 2.68. The van der Waals surface area contributed by atoms with Crippen LogP contribution in [0.1, 0.15) is 112 Å². The van der Waals surface area contributed by atoms with Gasteiger partial charge in [0, 0.05) is 26.2 Å². The minimum Gasteiger partial charge on any atom is -0.466 e. The number of Topliss-reactive ketones (excluding diaryl/α,β-unsaturated/α-hetero) is 1. The van der Waals surface area contributed by atoms with Gasteiger partial charge in [0.2, 0.25) is 0 Å². The number of esters is 2. The molecular weight excluding hydrogens is 452 g/mol. The molecule has 4 fully saturated rings. The lowest BCUT2D eigenvalue weighted by Gasteiger charge is -2.61. The lowest BCUT2D eigenvalue weighted by molar-refractivity contribution is -0.160. The van der Waals surface area contributed by atoms with Gasteiger partial charge >= 0.3 is 11.9 Å². The average molecular weight is 503 g/mol. The second-order valence-electron chi connectivity index (χ2n) is 13.6. The van der Waals surface area contributed by atoms with Crippen molar-refractivity contribution in [1.82, 2.24) is 0 Å². The number of hydrogen-bond acceptors (Lipinski definition) is 5. The van der Waals surface area contributed by atoms with Gasteiger partial charge < -0.3 is 9.47 Å². The summed E-state index contributed by atoms with van der Waals surface area (Å²) in [7, 11) is 0. The Balaban J connectivity index is 1.38. The van der Waals surface area contributed by atoms with E-state index < -0.39 is 0 Å². The first-order valence-corrected chi connectivity index (χ1v) is 14.8. The van der Waals surface area contributed by atoms with E-state index in [1.54, 1.807) is 6.92 Å². The quantitative estimate of drug-likeness (QED) is 0.343. The normalized spacial score (nSPS) is 41.3. The zero-order valence-corrected chi connectivity index (χ0v) is 23.6. The number of carbonyl (C=O) groups excluding carboxylic acids is 3. The molecule has 3 unspecified atom stereocenters. The van der Waals surface area contributed by atoms with E-state index in [4.69, 9.17) is 9.47 Å². The Kier molecular flexibility index (Phi) is 8.27. The van der Waals surface area contributed by atoms with E-state index in [-0.39, 0.29) is 35.3 Å². The van der Waals surface area contributed by atoms with Gasteiger partial charge in [0.15, 0.2) is 0 Å². The molecule has 4 saturated carbocycles. The maximum Gasteiger partial charge on any atom is 0.302 e. The van der Waals surface area contributed by atoms with Crippen molar-refractivity contribution in [3.63, 3.8) is 0 Å². The number of ketones is 1. The van der Waals surface area contributed by atoms with Crippen LogP contribution in [0.15, 0.2) is 0 Å². The number of ether oxygens (including phenoxy) is 2. The van der Waals surface area contributed by atoms with Crippen molar-refractivity contribution in [2.24, 2.45) is 52.3 Å². The Morgan fingerprint density at radius 1 is 0.861 bits per heavy atom. The first kappa shape index (κ1) is 27.6. The highest BCUT2D eigenvalue weighted by molar-refractivity contribution is 5.81. The molecular formula is C31H50O5. The molecule has 0 radical (unpaired) electrons. The standard InChI is InChI=1S/C31H50O5/c1-19(18-35-21(3)32)7-12-29(34)20(2)26-10-11-27-25-9-8-23-17-24(36-22(4)33)13-15-30(23,5)28(25)14-16-31(26,27)6/h19-20,23-28H,7-18H2,1-6H3/t19?,20-,23?,24?,25-,26+,27-,28-,30-,31+/m0/s1. The largest absolute Gasteiger partial charge is 0.466 e. The molecule has 0 N–H and O–H groups in total. The Hall–Kier alpha value is -1.39. The minimum atomic E-state index is -0.248. The number of hydrogen-bond donors (Lipinski definition) is 0. The van der Waals surface area contributed by atoms with E-state index >= 15 is 0 Å². The summed E-state index contributed by atoms with van der Waals surface area (Å²) in [5, 5.41) is 0. The maximum atomic E-state index is 13.3. The van der Waals surface area contributed by atoms with E-state index in [9.17, 15) is 14.4 Å². The van der Waals surface area contributed by atoms with Crippen LogP contribution in [0.4, 0.5) is 0 Å². The van der Waals surface area contributed by atoms with Gasteiger partial charge in [-0.3, -0.25) is 14.4 Å². The molecule has 0 aromatic heterocycles. The molecule has 10 atom stereocenters. The average Bonchev–Trinajstić information content (AvgIpc) is 3.17. The van der Waals surface area contributed by atoms with E-state index in [1.807, 2.05) is 0 Å². The molecule has 5 heteroatoms. The molecule has 0 aromatic rings. The second-order valence-corrected chi connectivity index (χ2v) is 13.6. The minimum absolute atomic E-state index is 0.114. The van der Waals surface area contributed by atoms with E-state index in [2.05, 4.69) is 27.7 Å².